The van der Waals surface area contributed by atoms with Crippen molar-refractivity contribution in [3.63, 3.8) is 0 Å². The van der Waals surface area contributed by atoms with Crippen LogP contribution in [0.25, 0.3) is 0 Å². The first-order chi connectivity index (χ1) is 11.3. The van der Waals surface area contributed by atoms with E-state index < -0.39 is 0 Å². The largest absolute Gasteiger partial charge is 0.497 e. The Morgan fingerprint density at radius 2 is 1.78 bits per heavy atom. The Morgan fingerprint density at radius 1 is 1.00 bits per heavy atom. The Bertz CT molecular complexity index is 746. The van der Waals surface area contributed by atoms with E-state index in [9.17, 15) is 0 Å². The molecular formula is C17H17N5O. The Labute approximate surface area is 134 Å². The van der Waals surface area contributed by atoms with Gasteiger partial charge < -0.3 is 15.4 Å². The smallest absolute Gasteiger partial charge is 0.249 e. The fourth-order valence-corrected chi connectivity index (χ4v) is 2.03. The van der Waals surface area contributed by atoms with Gasteiger partial charge in [-0.25, -0.2) is 0 Å². The van der Waals surface area contributed by atoms with Crippen molar-refractivity contribution >= 4 is 17.5 Å². The molecule has 0 spiro atoms. The second kappa shape index (κ2) is 7.22. The van der Waals surface area contributed by atoms with Crippen LogP contribution in [-0.4, -0.2) is 22.3 Å². The van der Waals surface area contributed by atoms with Crippen molar-refractivity contribution in [2.75, 3.05) is 17.7 Å². The molecule has 0 atom stereocenters. The molecular weight excluding hydrogens is 290 g/mol. The molecule has 0 saturated carbocycles. The highest BCUT2D eigenvalue weighted by Gasteiger charge is 2.02. The Hall–Kier alpha value is -3.15. The Kier molecular flexibility index (Phi) is 4.63. The number of hydrogen-bond acceptors (Lipinski definition) is 6. The van der Waals surface area contributed by atoms with Gasteiger partial charge in [-0.2, -0.15) is 10.1 Å². The van der Waals surface area contributed by atoms with Crippen LogP contribution in [0.2, 0.25) is 0 Å². The van der Waals surface area contributed by atoms with E-state index in [1.54, 1.807) is 13.3 Å². The van der Waals surface area contributed by atoms with Gasteiger partial charge in [0.15, 0.2) is 5.82 Å². The molecule has 0 saturated heterocycles. The zero-order valence-electron chi connectivity index (χ0n) is 12.7. The first-order valence-corrected chi connectivity index (χ1v) is 7.22. The summed E-state index contributed by atoms with van der Waals surface area (Å²) in [5.41, 5.74) is 2.04. The van der Waals surface area contributed by atoms with Crippen molar-refractivity contribution in [1.82, 2.24) is 15.2 Å². The van der Waals surface area contributed by atoms with Crippen molar-refractivity contribution in [1.29, 1.82) is 0 Å². The third kappa shape index (κ3) is 4.16. The van der Waals surface area contributed by atoms with Crippen LogP contribution in [0, 0.1) is 0 Å². The predicted octanol–water partition coefficient (Wildman–Crippen LogP) is 3.24. The van der Waals surface area contributed by atoms with Crippen LogP contribution in [0.4, 0.5) is 17.5 Å². The van der Waals surface area contributed by atoms with E-state index in [1.165, 1.54) is 5.56 Å². The van der Waals surface area contributed by atoms with Gasteiger partial charge >= 0.3 is 0 Å². The minimum atomic E-state index is 0.438. The van der Waals surface area contributed by atoms with E-state index in [-0.39, 0.29) is 0 Å². The van der Waals surface area contributed by atoms with Crippen LogP contribution < -0.4 is 15.4 Å². The van der Waals surface area contributed by atoms with Crippen molar-refractivity contribution in [3.8, 4) is 5.75 Å². The number of nitrogens with zero attached hydrogens (tertiary/aromatic N) is 3. The third-order valence-corrected chi connectivity index (χ3v) is 3.22. The summed E-state index contributed by atoms with van der Waals surface area (Å²) in [5, 5.41) is 14.3. The van der Waals surface area contributed by atoms with Gasteiger partial charge in [-0.1, -0.05) is 30.3 Å². The van der Waals surface area contributed by atoms with Crippen LogP contribution in [0.5, 0.6) is 5.75 Å². The predicted molar refractivity (Wildman–Crippen MR) is 89.9 cm³/mol. The fourth-order valence-electron chi connectivity index (χ4n) is 2.03. The van der Waals surface area contributed by atoms with Gasteiger partial charge in [0.1, 0.15) is 5.75 Å². The first-order valence-electron chi connectivity index (χ1n) is 7.22. The van der Waals surface area contributed by atoms with E-state index in [4.69, 9.17) is 4.74 Å². The van der Waals surface area contributed by atoms with E-state index >= 15 is 0 Å². The normalized spacial score (nSPS) is 10.1. The molecule has 6 heteroatoms. The quantitative estimate of drug-likeness (QED) is 0.728. The molecule has 6 nitrogen and oxygen atoms in total. The molecule has 0 aliphatic carbocycles. The Morgan fingerprint density at radius 3 is 2.52 bits per heavy atom. The number of ether oxygens (including phenoxy) is 1. The highest BCUT2D eigenvalue weighted by molar-refractivity contribution is 5.55. The molecule has 0 bridgehead atoms. The van der Waals surface area contributed by atoms with E-state index in [0.717, 1.165) is 11.4 Å². The molecule has 0 unspecified atom stereocenters. The van der Waals surface area contributed by atoms with Crippen LogP contribution in [0.1, 0.15) is 5.56 Å². The molecule has 0 aliphatic rings. The van der Waals surface area contributed by atoms with Crippen LogP contribution in [0.3, 0.4) is 0 Å². The van der Waals surface area contributed by atoms with E-state index in [2.05, 4.69) is 37.9 Å². The van der Waals surface area contributed by atoms with Gasteiger partial charge in [0.05, 0.1) is 13.3 Å². The van der Waals surface area contributed by atoms with Gasteiger partial charge in [0.2, 0.25) is 5.95 Å². The lowest BCUT2D eigenvalue weighted by molar-refractivity contribution is 0.415. The summed E-state index contributed by atoms with van der Waals surface area (Å²) in [5.74, 6) is 1.90. The summed E-state index contributed by atoms with van der Waals surface area (Å²) in [6, 6.07) is 17.6. The lowest BCUT2D eigenvalue weighted by atomic mass is 10.2. The molecule has 1 heterocycles. The van der Waals surface area contributed by atoms with Crippen molar-refractivity contribution in [2.45, 2.75) is 6.54 Å². The molecule has 2 aromatic carbocycles. The van der Waals surface area contributed by atoms with Gasteiger partial charge in [-0.15, -0.1) is 5.10 Å². The number of anilines is 3. The molecule has 3 rings (SSSR count). The monoisotopic (exact) mass is 307 g/mol. The average Bonchev–Trinajstić information content (AvgIpc) is 2.62. The van der Waals surface area contributed by atoms with Crippen molar-refractivity contribution in [3.05, 3.63) is 66.4 Å². The lowest BCUT2D eigenvalue weighted by Crippen LogP contribution is -2.05. The number of aromatic nitrogens is 3. The number of nitrogens with one attached hydrogen (secondary N) is 2. The number of methoxy groups -OCH3 is 1. The van der Waals surface area contributed by atoms with Crippen LogP contribution >= 0.6 is 0 Å². The Balaban J connectivity index is 1.64. The van der Waals surface area contributed by atoms with Crippen molar-refractivity contribution < 1.29 is 4.74 Å². The second-order valence-electron chi connectivity index (χ2n) is 4.86. The van der Waals surface area contributed by atoms with Gasteiger partial charge in [0.25, 0.3) is 0 Å². The standard InChI is InChI=1S/C17H17N5O/c1-23-15-9-7-14(8-10-15)20-17-21-16(12-19-22-17)18-11-13-5-3-2-4-6-13/h2-10,12H,11H2,1H3,(H2,18,20,21,22). The van der Waals surface area contributed by atoms with Gasteiger partial charge in [-0.05, 0) is 29.8 Å². The zero-order valence-corrected chi connectivity index (χ0v) is 12.7. The first kappa shape index (κ1) is 14.8. The minimum Gasteiger partial charge on any atom is -0.497 e. The SMILES string of the molecule is COc1ccc(Nc2nncc(NCc3ccccc3)n2)cc1. The molecule has 116 valence electrons. The van der Waals surface area contributed by atoms with Gasteiger partial charge in [0, 0.05) is 12.2 Å². The highest BCUT2D eigenvalue weighted by Crippen LogP contribution is 2.18. The van der Waals surface area contributed by atoms with Crippen molar-refractivity contribution in [2.24, 2.45) is 0 Å². The maximum absolute atomic E-state index is 5.13. The highest BCUT2D eigenvalue weighted by atomic mass is 16.5. The average molecular weight is 307 g/mol. The molecule has 0 radical (unpaired) electrons. The molecule has 0 aliphatic heterocycles. The summed E-state index contributed by atoms with van der Waals surface area (Å²) < 4.78 is 5.13. The maximum Gasteiger partial charge on any atom is 0.249 e. The zero-order chi connectivity index (χ0) is 15.9. The molecule has 1 aromatic heterocycles. The number of benzene rings is 2. The molecule has 2 N–H and O–H groups in total. The summed E-state index contributed by atoms with van der Waals surface area (Å²) >= 11 is 0. The molecule has 23 heavy (non-hydrogen) atoms. The lowest BCUT2D eigenvalue weighted by Gasteiger charge is -2.08. The summed E-state index contributed by atoms with van der Waals surface area (Å²) in [7, 11) is 1.64. The van der Waals surface area contributed by atoms with Crippen LogP contribution in [0.15, 0.2) is 60.8 Å². The fraction of sp³-hybridized carbons (Fsp3) is 0.118. The topological polar surface area (TPSA) is 72.0 Å². The summed E-state index contributed by atoms with van der Waals surface area (Å²) in [6.45, 7) is 0.682. The molecule has 0 fully saturated rings. The second-order valence-corrected chi connectivity index (χ2v) is 4.86. The molecule has 0 amide bonds. The number of hydrogen-bond donors (Lipinski definition) is 2. The van der Waals surface area contributed by atoms with Gasteiger partial charge in [-0.3, -0.25) is 0 Å². The molecule has 3 aromatic rings. The summed E-state index contributed by atoms with van der Waals surface area (Å²) in [4.78, 5) is 4.40. The van der Waals surface area contributed by atoms with E-state index in [0.29, 0.717) is 18.3 Å². The number of rotatable bonds is 6. The third-order valence-electron chi connectivity index (χ3n) is 3.22. The maximum atomic E-state index is 5.13. The van der Waals surface area contributed by atoms with Crippen LogP contribution in [-0.2, 0) is 6.54 Å². The van der Waals surface area contributed by atoms with E-state index in [1.807, 2.05) is 42.5 Å². The summed E-state index contributed by atoms with van der Waals surface area (Å²) in [6.07, 6.45) is 1.60. The minimum absolute atomic E-state index is 0.438.